The zero-order chi connectivity index (χ0) is 13.2. The largest absolute Gasteiger partial charge is 0.365 e. The Labute approximate surface area is 113 Å². The average molecular weight is 249 g/mol. The van der Waals surface area contributed by atoms with Crippen LogP contribution < -0.4 is 4.90 Å². The molecule has 3 heteroatoms. The third-order valence-electron chi connectivity index (χ3n) is 4.22. The lowest BCUT2D eigenvalue weighted by Crippen LogP contribution is -2.40. The summed E-state index contributed by atoms with van der Waals surface area (Å²) in [6.45, 7) is 0. The fraction of sp³-hybridized carbons (Fsp3) is 0.375. The molecule has 2 aliphatic heterocycles. The zero-order valence-corrected chi connectivity index (χ0v) is 10.7. The predicted molar refractivity (Wildman–Crippen MR) is 73.2 cm³/mol. The summed E-state index contributed by atoms with van der Waals surface area (Å²) < 4.78 is 0. The number of hydrogen-bond donors (Lipinski definition) is 0. The lowest BCUT2D eigenvalue weighted by molar-refractivity contribution is 0.548. The molecule has 3 rings (SSSR count). The summed E-state index contributed by atoms with van der Waals surface area (Å²) in [5.41, 5.74) is 2.67. The van der Waals surface area contributed by atoms with Gasteiger partial charge in [-0.3, -0.25) is 0 Å². The Morgan fingerprint density at radius 2 is 1.58 bits per heavy atom. The van der Waals surface area contributed by atoms with Gasteiger partial charge in [0, 0.05) is 17.8 Å². The van der Waals surface area contributed by atoms with Crippen molar-refractivity contribution in [2.45, 2.75) is 37.8 Å². The van der Waals surface area contributed by atoms with Crippen LogP contribution in [0.1, 0.15) is 25.7 Å². The lowest BCUT2D eigenvalue weighted by atomic mass is 9.92. The maximum atomic E-state index is 9.01. The summed E-state index contributed by atoms with van der Waals surface area (Å²) in [5.74, 6) is 0. The van der Waals surface area contributed by atoms with Crippen molar-refractivity contribution in [3.05, 3.63) is 41.5 Å². The van der Waals surface area contributed by atoms with Crippen molar-refractivity contribution >= 4 is 5.69 Å². The molecule has 0 saturated carbocycles. The van der Waals surface area contributed by atoms with E-state index in [1.807, 2.05) is 18.2 Å². The molecule has 2 atom stereocenters. The monoisotopic (exact) mass is 249 g/mol. The average Bonchev–Trinajstić information content (AvgIpc) is 2.72. The van der Waals surface area contributed by atoms with Gasteiger partial charge in [0.2, 0.25) is 0 Å². The molecule has 2 saturated heterocycles. The standard InChI is InChI=1S/C16H15N3/c17-10-13(11-18)12-8-15-6-7-16(9-12)19(15)14-4-2-1-3-5-14/h1-5,15-16H,6-9H2. The summed E-state index contributed by atoms with van der Waals surface area (Å²) in [5, 5.41) is 18.0. The van der Waals surface area contributed by atoms with Crippen molar-refractivity contribution in [2.75, 3.05) is 4.90 Å². The van der Waals surface area contributed by atoms with Crippen molar-refractivity contribution in [1.82, 2.24) is 0 Å². The molecule has 2 heterocycles. The lowest BCUT2D eigenvalue weighted by Gasteiger charge is -2.38. The quantitative estimate of drug-likeness (QED) is 0.718. The van der Waals surface area contributed by atoms with Crippen molar-refractivity contribution in [3.63, 3.8) is 0 Å². The summed E-state index contributed by atoms with van der Waals surface area (Å²) >= 11 is 0. The number of nitrogens with zero attached hydrogens (tertiary/aromatic N) is 3. The first kappa shape index (κ1) is 11.8. The third-order valence-corrected chi connectivity index (χ3v) is 4.22. The van der Waals surface area contributed by atoms with Gasteiger partial charge in [-0.1, -0.05) is 18.2 Å². The maximum absolute atomic E-state index is 9.01. The van der Waals surface area contributed by atoms with Gasteiger partial charge in [0.25, 0.3) is 0 Å². The number of para-hydroxylation sites is 1. The Morgan fingerprint density at radius 1 is 1.00 bits per heavy atom. The molecule has 1 aromatic rings. The van der Waals surface area contributed by atoms with Gasteiger partial charge in [0.1, 0.15) is 17.7 Å². The van der Waals surface area contributed by atoms with Gasteiger partial charge < -0.3 is 4.90 Å². The van der Waals surface area contributed by atoms with Gasteiger partial charge in [0.05, 0.1) is 0 Å². The van der Waals surface area contributed by atoms with E-state index in [1.54, 1.807) is 0 Å². The van der Waals surface area contributed by atoms with Crippen LogP contribution >= 0.6 is 0 Å². The number of benzene rings is 1. The summed E-state index contributed by atoms with van der Waals surface area (Å²) in [6.07, 6.45) is 4.05. The van der Waals surface area contributed by atoms with E-state index in [1.165, 1.54) is 5.69 Å². The molecular weight excluding hydrogens is 234 g/mol. The van der Waals surface area contributed by atoms with Gasteiger partial charge in [0.15, 0.2) is 0 Å². The minimum Gasteiger partial charge on any atom is -0.365 e. The van der Waals surface area contributed by atoms with E-state index < -0.39 is 0 Å². The normalized spacial score (nSPS) is 24.7. The van der Waals surface area contributed by atoms with Crippen LogP contribution in [0.2, 0.25) is 0 Å². The van der Waals surface area contributed by atoms with Gasteiger partial charge in [-0.2, -0.15) is 10.5 Å². The van der Waals surface area contributed by atoms with Crippen LogP contribution in [0.4, 0.5) is 5.69 Å². The minimum absolute atomic E-state index is 0.338. The highest BCUT2D eigenvalue weighted by Crippen LogP contribution is 2.42. The zero-order valence-electron chi connectivity index (χ0n) is 10.7. The van der Waals surface area contributed by atoms with Crippen molar-refractivity contribution < 1.29 is 0 Å². The molecule has 2 unspecified atom stereocenters. The van der Waals surface area contributed by atoms with Crippen LogP contribution in [0, 0.1) is 22.7 Å². The molecule has 94 valence electrons. The van der Waals surface area contributed by atoms with Gasteiger partial charge in [-0.05, 0) is 43.4 Å². The predicted octanol–water partition coefficient (Wildman–Crippen LogP) is 3.16. The highest BCUT2D eigenvalue weighted by Gasteiger charge is 2.39. The second kappa shape index (κ2) is 4.78. The van der Waals surface area contributed by atoms with E-state index in [9.17, 15) is 0 Å². The number of anilines is 1. The second-order valence-corrected chi connectivity index (χ2v) is 5.24. The number of hydrogen-bond acceptors (Lipinski definition) is 3. The highest BCUT2D eigenvalue weighted by molar-refractivity contribution is 5.53. The first-order valence-electron chi connectivity index (χ1n) is 6.69. The molecule has 0 amide bonds. The summed E-state index contributed by atoms with van der Waals surface area (Å²) in [6, 6.07) is 15.5. The van der Waals surface area contributed by atoms with E-state index in [0.717, 1.165) is 31.3 Å². The number of nitriles is 2. The fourth-order valence-electron chi connectivity index (χ4n) is 3.42. The molecule has 0 spiro atoms. The van der Waals surface area contributed by atoms with Crippen LogP contribution in [0.15, 0.2) is 41.5 Å². The Hall–Kier alpha value is -2.26. The van der Waals surface area contributed by atoms with Crippen LogP contribution in [0.5, 0.6) is 0 Å². The molecule has 2 aliphatic rings. The van der Waals surface area contributed by atoms with E-state index in [4.69, 9.17) is 10.5 Å². The smallest absolute Gasteiger partial charge is 0.129 e. The molecule has 2 fully saturated rings. The van der Waals surface area contributed by atoms with Crippen molar-refractivity contribution in [1.29, 1.82) is 10.5 Å². The summed E-state index contributed by atoms with van der Waals surface area (Å²) in [7, 11) is 0. The Kier molecular flexibility index (Phi) is 2.97. The Bertz CT molecular complexity index is 557. The third kappa shape index (κ3) is 1.98. The van der Waals surface area contributed by atoms with Gasteiger partial charge in [-0.25, -0.2) is 0 Å². The van der Waals surface area contributed by atoms with E-state index in [2.05, 4.69) is 29.2 Å². The number of allylic oxidation sites excluding steroid dienone is 1. The van der Waals surface area contributed by atoms with Crippen LogP contribution in [0.25, 0.3) is 0 Å². The number of fused-ring (bicyclic) bond motifs is 2. The molecule has 0 N–H and O–H groups in total. The highest BCUT2D eigenvalue weighted by atomic mass is 15.2. The molecule has 0 radical (unpaired) electrons. The maximum Gasteiger partial charge on any atom is 0.129 e. The summed E-state index contributed by atoms with van der Waals surface area (Å²) in [4.78, 5) is 2.48. The molecule has 0 aromatic heterocycles. The first-order valence-corrected chi connectivity index (χ1v) is 6.69. The van der Waals surface area contributed by atoms with Gasteiger partial charge >= 0.3 is 0 Å². The molecule has 19 heavy (non-hydrogen) atoms. The molecule has 0 aliphatic carbocycles. The minimum atomic E-state index is 0.338. The van der Waals surface area contributed by atoms with Crippen LogP contribution in [-0.4, -0.2) is 12.1 Å². The second-order valence-electron chi connectivity index (χ2n) is 5.24. The van der Waals surface area contributed by atoms with Crippen molar-refractivity contribution in [3.8, 4) is 12.1 Å². The SMILES string of the molecule is N#CC(C#N)=C1CC2CCC(C1)N2c1ccccc1. The molecule has 1 aromatic carbocycles. The van der Waals surface area contributed by atoms with Crippen LogP contribution in [-0.2, 0) is 0 Å². The van der Waals surface area contributed by atoms with E-state index in [0.29, 0.717) is 17.7 Å². The Morgan fingerprint density at radius 3 is 2.11 bits per heavy atom. The molecule has 3 nitrogen and oxygen atoms in total. The molecular formula is C16H15N3. The van der Waals surface area contributed by atoms with Gasteiger partial charge in [-0.15, -0.1) is 0 Å². The van der Waals surface area contributed by atoms with Crippen LogP contribution in [0.3, 0.4) is 0 Å². The fourth-order valence-corrected chi connectivity index (χ4v) is 3.42. The Balaban J connectivity index is 1.91. The first-order chi connectivity index (χ1) is 9.33. The van der Waals surface area contributed by atoms with Crippen molar-refractivity contribution in [2.24, 2.45) is 0 Å². The number of piperidine rings is 1. The van der Waals surface area contributed by atoms with E-state index >= 15 is 0 Å². The van der Waals surface area contributed by atoms with E-state index in [-0.39, 0.29) is 0 Å². The number of rotatable bonds is 1. The molecule has 2 bridgehead atoms. The topological polar surface area (TPSA) is 50.8 Å².